The minimum atomic E-state index is -0.314. The molecule has 148 valence electrons. The fraction of sp³-hybridized carbons (Fsp3) is 0.476. The fourth-order valence-corrected chi connectivity index (χ4v) is 4.60. The first kappa shape index (κ1) is 19.1. The van der Waals surface area contributed by atoms with Crippen molar-refractivity contribution in [2.45, 2.75) is 38.8 Å². The van der Waals surface area contributed by atoms with Gasteiger partial charge in [0.25, 0.3) is 0 Å². The maximum absolute atomic E-state index is 12.6. The molecule has 7 heteroatoms. The van der Waals surface area contributed by atoms with E-state index in [4.69, 9.17) is 0 Å². The zero-order valence-corrected chi connectivity index (χ0v) is 16.8. The van der Waals surface area contributed by atoms with Crippen molar-refractivity contribution in [2.75, 3.05) is 25.0 Å². The first-order chi connectivity index (χ1) is 13.7. The third-order valence-corrected chi connectivity index (χ3v) is 6.22. The zero-order valence-electron chi connectivity index (χ0n) is 16.0. The van der Waals surface area contributed by atoms with Crippen molar-refractivity contribution in [3.63, 3.8) is 0 Å². The van der Waals surface area contributed by atoms with Crippen molar-refractivity contribution < 1.29 is 9.59 Å². The smallest absolute Gasteiger partial charge is 0.231 e. The molecule has 2 aromatic rings. The topological polar surface area (TPSA) is 65.5 Å². The van der Waals surface area contributed by atoms with Crippen LogP contribution in [-0.2, 0) is 22.7 Å². The van der Waals surface area contributed by atoms with Gasteiger partial charge in [0.2, 0.25) is 11.8 Å². The maximum atomic E-state index is 12.6. The highest BCUT2D eigenvalue weighted by Crippen LogP contribution is 2.24. The molecule has 1 unspecified atom stereocenters. The Morgan fingerprint density at radius 2 is 1.93 bits per heavy atom. The number of nitrogens with zero attached hydrogens (tertiary/aromatic N) is 3. The van der Waals surface area contributed by atoms with E-state index in [1.54, 1.807) is 4.90 Å². The molecule has 1 aromatic carbocycles. The number of benzene rings is 1. The Morgan fingerprint density at radius 1 is 1.14 bits per heavy atom. The van der Waals surface area contributed by atoms with Gasteiger partial charge in [0, 0.05) is 31.4 Å². The van der Waals surface area contributed by atoms with Gasteiger partial charge >= 0.3 is 0 Å². The van der Waals surface area contributed by atoms with Gasteiger partial charge in [0.15, 0.2) is 5.13 Å². The molecular weight excluding hydrogens is 372 g/mol. The van der Waals surface area contributed by atoms with E-state index >= 15 is 0 Å². The first-order valence-corrected chi connectivity index (χ1v) is 10.8. The van der Waals surface area contributed by atoms with Gasteiger partial charge in [-0.15, -0.1) is 11.3 Å². The summed E-state index contributed by atoms with van der Waals surface area (Å²) in [7, 11) is 0. The summed E-state index contributed by atoms with van der Waals surface area (Å²) in [4.78, 5) is 33.7. The number of nitrogens with one attached hydrogen (secondary N) is 1. The summed E-state index contributed by atoms with van der Waals surface area (Å²) in [5.74, 6) is -0.387. The monoisotopic (exact) mass is 398 g/mol. The molecule has 2 aliphatic heterocycles. The standard InChI is InChI=1S/C21H26N4O2S/c26-19-11-17(13-25(19)12-16-7-3-1-4-8-16)20(27)23-21-22-18(15-28-21)14-24-9-5-2-6-10-24/h1,3-4,7-8,15,17H,2,5-6,9-14H2,(H,22,23,27). The molecule has 2 amide bonds. The van der Waals surface area contributed by atoms with Gasteiger partial charge in [-0.3, -0.25) is 14.5 Å². The molecule has 0 radical (unpaired) electrons. The molecular formula is C21H26N4O2S. The lowest BCUT2D eigenvalue weighted by atomic mass is 10.1. The van der Waals surface area contributed by atoms with Gasteiger partial charge in [-0.2, -0.15) is 0 Å². The second-order valence-electron chi connectivity index (χ2n) is 7.63. The summed E-state index contributed by atoms with van der Waals surface area (Å²) in [6.45, 7) is 4.12. The third kappa shape index (κ3) is 4.77. The summed E-state index contributed by atoms with van der Waals surface area (Å²) in [6.07, 6.45) is 4.09. The van der Waals surface area contributed by atoms with Crippen molar-refractivity contribution in [2.24, 2.45) is 5.92 Å². The minimum absolute atomic E-state index is 0.0360. The minimum Gasteiger partial charge on any atom is -0.338 e. The Morgan fingerprint density at radius 3 is 2.71 bits per heavy atom. The molecule has 0 spiro atoms. The number of rotatable bonds is 6. The maximum Gasteiger partial charge on any atom is 0.231 e. The second kappa shape index (κ2) is 8.84. The van der Waals surface area contributed by atoms with Crippen LogP contribution in [0.4, 0.5) is 5.13 Å². The Hall–Kier alpha value is -2.25. The highest BCUT2D eigenvalue weighted by molar-refractivity contribution is 7.13. The number of carbonyl (C=O) groups excluding carboxylic acids is 2. The number of carbonyl (C=O) groups is 2. The van der Waals surface area contributed by atoms with E-state index in [9.17, 15) is 9.59 Å². The predicted molar refractivity (Wildman–Crippen MR) is 110 cm³/mol. The van der Waals surface area contributed by atoms with Crippen LogP contribution in [0.2, 0.25) is 0 Å². The molecule has 2 aliphatic rings. The lowest BCUT2D eigenvalue weighted by Gasteiger charge is -2.25. The molecule has 2 saturated heterocycles. The number of likely N-dealkylation sites (tertiary alicyclic amines) is 2. The summed E-state index contributed by atoms with van der Waals surface area (Å²) in [5.41, 5.74) is 2.09. The van der Waals surface area contributed by atoms with Crippen LogP contribution in [-0.4, -0.2) is 46.2 Å². The Kier molecular flexibility index (Phi) is 6.02. The second-order valence-corrected chi connectivity index (χ2v) is 8.49. The van der Waals surface area contributed by atoms with Crippen LogP contribution in [0.3, 0.4) is 0 Å². The van der Waals surface area contributed by atoms with Crippen LogP contribution in [0.5, 0.6) is 0 Å². The average Bonchev–Trinajstić information content (AvgIpc) is 3.30. The van der Waals surface area contributed by atoms with Crippen molar-refractivity contribution in [1.82, 2.24) is 14.8 Å². The largest absolute Gasteiger partial charge is 0.338 e. The highest BCUT2D eigenvalue weighted by Gasteiger charge is 2.34. The van der Waals surface area contributed by atoms with Gasteiger partial charge in [0.05, 0.1) is 11.6 Å². The van der Waals surface area contributed by atoms with Crippen LogP contribution in [0.25, 0.3) is 0 Å². The number of anilines is 1. The zero-order chi connectivity index (χ0) is 19.3. The molecule has 1 aromatic heterocycles. The van der Waals surface area contributed by atoms with Crippen molar-refractivity contribution in [3.05, 3.63) is 47.0 Å². The van der Waals surface area contributed by atoms with Crippen LogP contribution < -0.4 is 5.32 Å². The lowest BCUT2D eigenvalue weighted by molar-refractivity contribution is -0.128. The SMILES string of the molecule is O=C(Nc1nc(CN2CCCCC2)cs1)C1CC(=O)N(Cc2ccccc2)C1. The lowest BCUT2D eigenvalue weighted by Crippen LogP contribution is -2.29. The highest BCUT2D eigenvalue weighted by atomic mass is 32.1. The quantitative estimate of drug-likeness (QED) is 0.812. The number of piperidine rings is 1. The van der Waals surface area contributed by atoms with E-state index < -0.39 is 0 Å². The number of aromatic nitrogens is 1. The van der Waals surface area contributed by atoms with Gasteiger partial charge in [0.1, 0.15) is 0 Å². The Balaban J connectivity index is 1.29. The molecule has 1 atom stereocenters. The van der Waals surface area contributed by atoms with E-state index in [2.05, 4.69) is 15.2 Å². The molecule has 0 aliphatic carbocycles. The molecule has 3 heterocycles. The summed E-state index contributed by atoms with van der Waals surface area (Å²) < 4.78 is 0. The fourth-order valence-electron chi connectivity index (χ4n) is 3.90. The number of thiazole rings is 1. The van der Waals surface area contributed by atoms with Crippen LogP contribution in [0.15, 0.2) is 35.7 Å². The normalized spacial score (nSPS) is 20.5. The number of hydrogen-bond acceptors (Lipinski definition) is 5. The molecule has 28 heavy (non-hydrogen) atoms. The van der Waals surface area contributed by atoms with E-state index in [-0.39, 0.29) is 24.2 Å². The predicted octanol–water partition coefficient (Wildman–Crippen LogP) is 3.12. The molecule has 0 bridgehead atoms. The number of hydrogen-bond donors (Lipinski definition) is 1. The van der Waals surface area contributed by atoms with E-state index in [1.165, 1.54) is 30.6 Å². The molecule has 4 rings (SSSR count). The molecule has 2 fully saturated rings. The van der Waals surface area contributed by atoms with Crippen molar-refractivity contribution >= 4 is 28.3 Å². The van der Waals surface area contributed by atoms with Crippen molar-refractivity contribution in [1.29, 1.82) is 0 Å². The van der Waals surface area contributed by atoms with E-state index in [0.717, 1.165) is 30.9 Å². The molecule has 1 N–H and O–H groups in total. The number of amides is 2. The Bertz CT molecular complexity index is 817. The van der Waals surface area contributed by atoms with Crippen LogP contribution in [0.1, 0.15) is 36.9 Å². The van der Waals surface area contributed by atoms with Gasteiger partial charge in [-0.25, -0.2) is 4.98 Å². The average molecular weight is 399 g/mol. The van der Waals surface area contributed by atoms with Gasteiger partial charge < -0.3 is 10.2 Å². The van der Waals surface area contributed by atoms with Crippen LogP contribution >= 0.6 is 11.3 Å². The van der Waals surface area contributed by atoms with E-state index in [1.807, 2.05) is 35.7 Å². The summed E-state index contributed by atoms with van der Waals surface area (Å²) in [5, 5.41) is 5.57. The third-order valence-electron chi connectivity index (χ3n) is 5.42. The van der Waals surface area contributed by atoms with Crippen LogP contribution in [0, 0.1) is 5.92 Å². The van der Waals surface area contributed by atoms with Gasteiger partial charge in [-0.05, 0) is 31.5 Å². The molecule has 6 nitrogen and oxygen atoms in total. The summed E-state index contributed by atoms with van der Waals surface area (Å²) in [6, 6.07) is 9.88. The summed E-state index contributed by atoms with van der Waals surface area (Å²) >= 11 is 1.46. The van der Waals surface area contributed by atoms with Crippen molar-refractivity contribution in [3.8, 4) is 0 Å². The molecule has 0 saturated carbocycles. The first-order valence-electron chi connectivity index (χ1n) is 9.97. The van der Waals surface area contributed by atoms with E-state index in [0.29, 0.717) is 18.2 Å². The van der Waals surface area contributed by atoms with Gasteiger partial charge in [-0.1, -0.05) is 36.8 Å². The Labute approximate surface area is 169 Å².